The lowest BCUT2D eigenvalue weighted by Gasteiger charge is -2.22. The van der Waals surface area contributed by atoms with E-state index in [0.29, 0.717) is 12.0 Å². The van der Waals surface area contributed by atoms with Crippen molar-refractivity contribution in [2.75, 3.05) is 6.61 Å². The molecule has 0 spiro atoms. The van der Waals surface area contributed by atoms with Gasteiger partial charge in [-0.1, -0.05) is 44.7 Å². The number of amides is 1. The molecule has 1 amide bonds. The van der Waals surface area contributed by atoms with Crippen LogP contribution in [-0.4, -0.2) is 24.5 Å². The Balaban J connectivity index is 1.38. The lowest BCUT2D eigenvalue weighted by molar-refractivity contribution is -0.128. The molecule has 7 heteroatoms. The average Bonchev–Trinajstić information content (AvgIpc) is 2.88. The van der Waals surface area contributed by atoms with Gasteiger partial charge >= 0.3 is 11.6 Å². The number of carbonyl (C=O) groups is 2. The highest BCUT2D eigenvalue weighted by Crippen LogP contribution is 2.22. The van der Waals surface area contributed by atoms with Crippen molar-refractivity contribution >= 4 is 28.9 Å². The number of unbranched alkanes of at least 4 members (excludes halogenated alkanes) is 1. The van der Waals surface area contributed by atoms with Gasteiger partial charge in [0, 0.05) is 23.6 Å². The number of hydrogen-bond donors (Lipinski definition) is 1. The summed E-state index contributed by atoms with van der Waals surface area (Å²) in [5.41, 5.74) is 0.323. The number of hydrogen-bond acceptors (Lipinski definition) is 6. The summed E-state index contributed by atoms with van der Waals surface area (Å²) in [6.07, 6.45) is 10.2. The molecular weight excluding hydrogens is 458 g/mol. The Morgan fingerprint density at radius 3 is 2.53 bits per heavy atom. The van der Waals surface area contributed by atoms with Crippen LogP contribution in [-0.2, 0) is 4.79 Å². The van der Waals surface area contributed by atoms with Crippen molar-refractivity contribution in [2.45, 2.75) is 57.9 Å². The van der Waals surface area contributed by atoms with Crippen LogP contribution in [0, 0.1) is 0 Å². The zero-order valence-electron chi connectivity index (χ0n) is 20.5. The molecule has 2 aromatic carbocycles. The molecule has 1 aliphatic rings. The minimum Gasteiger partial charge on any atom is -0.494 e. The molecule has 188 valence electrons. The van der Waals surface area contributed by atoms with E-state index in [1.165, 1.54) is 24.6 Å². The molecular formula is C29H31NO6. The van der Waals surface area contributed by atoms with Gasteiger partial charge in [0.1, 0.15) is 22.6 Å². The summed E-state index contributed by atoms with van der Waals surface area (Å²) < 4.78 is 16.4. The number of esters is 1. The van der Waals surface area contributed by atoms with E-state index in [0.717, 1.165) is 49.8 Å². The molecule has 1 saturated carbocycles. The summed E-state index contributed by atoms with van der Waals surface area (Å²) >= 11 is 0. The smallest absolute Gasteiger partial charge is 0.349 e. The molecule has 0 radical (unpaired) electrons. The van der Waals surface area contributed by atoms with E-state index in [4.69, 9.17) is 13.9 Å². The highest BCUT2D eigenvalue weighted by Gasteiger charge is 2.20. The summed E-state index contributed by atoms with van der Waals surface area (Å²) in [4.78, 5) is 37.3. The summed E-state index contributed by atoms with van der Waals surface area (Å²) in [6.45, 7) is 2.79. The van der Waals surface area contributed by atoms with Crippen molar-refractivity contribution in [3.63, 3.8) is 0 Å². The quantitative estimate of drug-likeness (QED) is 0.137. The normalized spacial score (nSPS) is 14.1. The minimum absolute atomic E-state index is 0.0254. The third-order valence-electron chi connectivity index (χ3n) is 6.17. The van der Waals surface area contributed by atoms with Crippen molar-refractivity contribution < 1.29 is 23.5 Å². The van der Waals surface area contributed by atoms with Gasteiger partial charge in [0.15, 0.2) is 0 Å². The first kappa shape index (κ1) is 25.2. The fourth-order valence-corrected chi connectivity index (χ4v) is 4.15. The zero-order valence-corrected chi connectivity index (χ0v) is 20.5. The predicted molar refractivity (Wildman–Crippen MR) is 138 cm³/mol. The van der Waals surface area contributed by atoms with Gasteiger partial charge in [-0.25, -0.2) is 9.59 Å². The van der Waals surface area contributed by atoms with Crippen molar-refractivity contribution in [1.82, 2.24) is 5.32 Å². The third-order valence-corrected chi connectivity index (χ3v) is 6.17. The molecule has 1 heterocycles. The van der Waals surface area contributed by atoms with Gasteiger partial charge in [0.25, 0.3) is 5.91 Å². The van der Waals surface area contributed by atoms with E-state index in [9.17, 15) is 14.4 Å². The van der Waals surface area contributed by atoms with Crippen molar-refractivity contribution in [3.8, 4) is 11.5 Å². The van der Waals surface area contributed by atoms with Gasteiger partial charge in [-0.2, -0.15) is 0 Å². The number of carbonyl (C=O) groups excluding carboxylic acids is 2. The Bertz CT molecular complexity index is 1290. The lowest BCUT2D eigenvalue weighted by Crippen LogP contribution is -2.38. The Kier molecular flexibility index (Phi) is 8.55. The molecule has 0 aliphatic heterocycles. The fraction of sp³-hybridized carbons (Fsp3) is 0.345. The molecule has 3 aromatic rings. The molecule has 7 nitrogen and oxygen atoms in total. The number of rotatable bonds is 9. The van der Waals surface area contributed by atoms with Crippen LogP contribution in [0.15, 0.2) is 63.8 Å². The van der Waals surface area contributed by atoms with E-state index in [-0.39, 0.29) is 22.9 Å². The maximum atomic E-state index is 12.6. The number of ether oxygens (including phenoxy) is 2. The molecule has 0 bridgehead atoms. The molecule has 0 saturated heterocycles. The van der Waals surface area contributed by atoms with Gasteiger partial charge in [-0.05, 0) is 61.2 Å². The first-order valence-corrected chi connectivity index (χ1v) is 12.5. The van der Waals surface area contributed by atoms with E-state index in [2.05, 4.69) is 12.2 Å². The Hall–Kier alpha value is -3.87. The second-order valence-corrected chi connectivity index (χ2v) is 8.98. The maximum Gasteiger partial charge on any atom is 0.349 e. The first-order chi connectivity index (χ1) is 17.5. The molecule has 1 aromatic heterocycles. The monoisotopic (exact) mass is 489 g/mol. The first-order valence-electron chi connectivity index (χ1n) is 12.5. The Labute approximate surface area is 210 Å². The number of nitrogens with one attached hydrogen (secondary N) is 1. The summed E-state index contributed by atoms with van der Waals surface area (Å²) in [5, 5.41) is 3.51. The van der Waals surface area contributed by atoms with Crippen LogP contribution < -0.4 is 20.4 Å². The van der Waals surface area contributed by atoms with Gasteiger partial charge in [0.2, 0.25) is 0 Å². The van der Waals surface area contributed by atoms with Crippen LogP contribution in [0.4, 0.5) is 0 Å². The number of fused-ring (bicyclic) bond motifs is 1. The van der Waals surface area contributed by atoms with E-state index >= 15 is 0 Å². The van der Waals surface area contributed by atoms with E-state index in [1.807, 2.05) is 24.3 Å². The molecule has 0 atom stereocenters. The third kappa shape index (κ3) is 6.84. The van der Waals surface area contributed by atoms with Crippen LogP contribution in [0.5, 0.6) is 11.5 Å². The standard InChI is InChI=1S/C29H31NO6/c1-2-3-17-34-23-13-9-20(10-14-23)11-16-27(31)35-24-15-12-21-18-25(29(33)36-26(21)19-24)28(32)30-22-7-5-4-6-8-22/h9-16,18-19,22H,2-8,17H2,1H3,(H,30,32)/b16-11+. The van der Waals surface area contributed by atoms with Gasteiger partial charge in [-0.3, -0.25) is 4.79 Å². The minimum atomic E-state index is -0.721. The van der Waals surface area contributed by atoms with E-state index < -0.39 is 17.5 Å². The molecule has 1 aliphatic carbocycles. The maximum absolute atomic E-state index is 12.6. The Morgan fingerprint density at radius 2 is 1.78 bits per heavy atom. The van der Waals surface area contributed by atoms with Crippen molar-refractivity contribution in [3.05, 3.63) is 76.2 Å². The Morgan fingerprint density at radius 1 is 1.03 bits per heavy atom. The van der Waals surface area contributed by atoms with Crippen molar-refractivity contribution in [2.24, 2.45) is 0 Å². The van der Waals surface area contributed by atoms with E-state index in [1.54, 1.807) is 18.2 Å². The summed E-state index contributed by atoms with van der Waals surface area (Å²) in [6, 6.07) is 13.8. The average molecular weight is 490 g/mol. The molecule has 36 heavy (non-hydrogen) atoms. The fourth-order valence-electron chi connectivity index (χ4n) is 4.15. The van der Waals surface area contributed by atoms with Crippen LogP contribution in [0.1, 0.15) is 67.8 Å². The highest BCUT2D eigenvalue weighted by atomic mass is 16.5. The zero-order chi connectivity index (χ0) is 25.3. The molecule has 4 rings (SSSR count). The van der Waals surface area contributed by atoms with Crippen LogP contribution in [0.2, 0.25) is 0 Å². The molecule has 1 N–H and O–H groups in total. The predicted octanol–water partition coefficient (Wildman–Crippen LogP) is 5.65. The van der Waals surface area contributed by atoms with Gasteiger partial charge in [0.05, 0.1) is 6.61 Å². The highest BCUT2D eigenvalue weighted by molar-refractivity contribution is 5.97. The molecule has 0 unspecified atom stereocenters. The van der Waals surface area contributed by atoms with Gasteiger partial charge in [-0.15, -0.1) is 0 Å². The van der Waals surface area contributed by atoms with Crippen molar-refractivity contribution in [1.29, 1.82) is 0 Å². The van der Waals surface area contributed by atoms with Crippen LogP contribution in [0.25, 0.3) is 17.0 Å². The van der Waals surface area contributed by atoms with Crippen LogP contribution in [0.3, 0.4) is 0 Å². The summed E-state index contributed by atoms with van der Waals surface area (Å²) in [5.74, 6) is 0.0389. The molecule has 1 fully saturated rings. The topological polar surface area (TPSA) is 94.8 Å². The second-order valence-electron chi connectivity index (χ2n) is 8.98. The number of benzene rings is 2. The summed E-state index contributed by atoms with van der Waals surface area (Å²) in [7, 11) is 0. The second kappa shape index (κ2) is 12.2. The largest absolute Gasteiger partial charge is 0.494 e. The van der Waals surface area contributed by atoms with Crippen LogP contribution >= 0.6 is 0 Å². The van der Waals surface area contributed by atoms with Gasteiger partial charge < -0.3 is 19.2 Å². The SMILES string of the molecule is CCCCOc1ccc(/C=C/C(=O)Oc2ccc3cc(C(=O)NC4CCCCC4)c(=O)oc3c2)cc1. The lowest BCUT2D eigenvalue weighted by atomic mass is 9.95.